The molecule has 0 saturated carbocycles. The van der Waals surface area contributed by atoms with Crippen LogP contribution in [-0.2, 0) is 4.79 Å². The van der Waals surface area contributed by atoms with Crippen molar-refractivity contribution in [3.8, 4) is 0 Å². The number of nitrogens with one attached hydrogen (secondary N) is 2. The van der Waals surface area contributed by atoms with E-state index in [1.54, 1.807) is 0 Å². The fourth-order valence-electron chi connectivity index (χ4n) is 2.60. The SMILES string of the molecule is Cc1cccc(NC(=O)CSc2nnc(NC(=O)c3cccc([N+](=O)[O-])c3C)s2)c1. The highest BCUT2D eigenvalue weighted by Crippen LogP contribution is 2.27. The first-order valence-electron chi connectivity index (χ1n) is 8.71. The van der Waals surface area contributed by atoms with Gasteiger partial charge in [-0.3, -0.25) is 25.0 Å². The number of carbonyl (C=O) groups excluding carboxylic acids is 2. The molecule has 30 heavy (non-hydrogen) atoms. The van der Waals surface area contributed by atoms with E-state index in [1.807, 2.05) is 31.2 Å². The summed E-state index contributed by atoms with van der Waals surface area (Å²) in [6.45, 7) is 3.46. The number of benzene rings is 2. The third-order valence-electron chi connectivity index (χ3n) is 4.00. The Morgan fingerprint density at radius 1 is 1.13 bits per heavy atom. The number of nitro benzene ring substituents is 1. The molecule has 0 unspecified atom stereocenters. The molecule has 0 fully saturated rings. The predicted octanol–water partition coefficient (Wildman–Crippen LogP) is 4.05. The molecule has 11 heteroatoms. The van der Waals surface area contributed by atoms with Crippen LogP contribution in [0.5, 0.6) is 0 Å². The summed E-state index contributed by atoms with van der Waals surface area (Å²) in [6, 6.07) is 11.8. The lowest BCUT2D eigenvalue weighted by Gasteiger charge is -2.05. The van der Waals surface area contributed by atoms with Gasteiger partial charge in [0.1, 0.15) is 0 Å². The Balaban J connectivity index is 1.57. The fourth-order valence-corrected chi connectivity index (χ4v) is 4.14. The van der Waals surface area contributed by atoms with Gasteiger partial charge in [-0.25, -0.2) is 0 Å². The molecule has 1 aromatic heterocycles. The van der Waals surface area contributed by atoms with Crippen LogP contribution in [0.1, 0.15) is 21.5 Å². The highest BCUT2D eigenvalue weighted by Gasteiger charge is 2.19. The summed E-state index contributed by atoms with van der Waals surface area (Å²) in [7, 11) is 0. The van der Waals surface area contributed by atoms with Gasteiger partial charge in [-0.05, 0) is 37.6 Å². The molecule has 3 rings (SSSR count). The first-order chi connectivity index (χ1) is 14.3. The molecule has 0 aliphatic carbocycles. The number of hydrogen-bond acceptors (Lipinski definition) is 8. The van der Waals surface area contributed by atoms with Gasteiger partial charge in [0.25, 0.3) is 11.6 Å². The maximum absolute atomic E-state index is 12.5. The normalized spacial score (nSPS) is 10.5. The molecule has 2 amide bonds. The third-order valence-corrected chi connectivity index (χ3v) is 5.97. The molecule has 1 heterocycles. The molecule has 0 saturated heterocycles. The molecule has 0 atom stereocenters. The van der Waals surface area contributed by atoms with E-state index in [-0.39, 0.29) is 33.6 Å². The minimum Gasteiger partial charge on any atom is -0.325 e. The van der Waals surface area contributed by atoms with E-state index in [9.17, 15) is 19.7 Å². The second-order valence-corrected chi connectivity index (χ2v) is 8.44. The Bertz CT molecular complexity index is 1120. The van der Waals surface area contributed by atoms with Gasteiger partial charge in [-0.2, -0.15) is 0 Å². The lowest BCUT2D eigenvalue weighted by atomic mass is 10.1. The van der Waals surface area contributed by atoms with Crippen molar-refractivity contribution in [1.29, 1.82) is 0 Å². The van der Waals surface area contributed by atoms with Gasteiger partial charge in [-0.1, -0.05) is 41.3 Å². The van der Waals surface area contributed by atoms with E-state index in [2.05, 4.69) is 20.8 Å². The Morgan fingerprint density at radius 3 is 2.63 bits per heavy atom. The molecular formula is C19H17N5O4S2. The molecule has 2 N–H and O–H groups in total. The van der Waals surface area contributed by atoms with Gasteiger partial charge in [0.05, 0.1) is 10.7 Å². The zero-order valence-corrected chi connectivity index (χ0v) is 17.7. The molecular weight excluding hydrogens is 426 g/mol. The Kier molecular flexibility index (Phi) is 6.75. The van der Waals surface area contributed by atoms with Crippen LogP contribution in [0.3, 0.4) is 0 Å². The van der Waals surface area contributed by atoms with Gasteiger partial charge >= 0.3 is 0 Å². The molecule has 3 aromatic rings. The van der Waals surface area contributed by atoms with Gasteiger partial charge in [0.2, 0.25) is 11.0 Å². The topological polar surface area (TPSA) is 127 Å². The smallest absolute Gasteiger partial charge is 0.273 e. The van der Waals surface area contributed by atoms with Crippen LogP contribution >= 0.6 is 23.1 Å². The second-order valence-electron chi connectivity index (χ2n) is 6.24. The van der Waals surface area contributed by atoms with Crippen molar-refractivity contribution in [3.63, 3.8) is 0 Å². The van der Waals surface area contributed by atoms with E-state index in [0.29, 0.717) is 4.34 Å². The van der Waals surface area contributed by atoms with Crippen molar-refractivity contribution >= 4 is 51.4 Å². The van der Waals surface area contributed by atoms with E-state index < -0.39 is 10.8 Å². The van der Waals surface area contributed by atoms with E-state index in [1.165, 1.54) is 36.9 Å². The Hall–Kier alpha value is -3.31. The van der Waals surface area contributed by atoms with Crippen molar-refractivity contribution < 1.29 is 14.5 Å². The average Bonchev–Trinajstić information content (AvgIpc) is 3.13. The van der Waals surface area contributed by atoms with Gasteiger partial charge in [-0.15, -0.1) is 10.2 Å². The number of rotatable bonds is 7. The summed E-state index contributed by atoms with van der Waals surface area (Å²) >= 11 is 2.32. The van der Waals surface area contributed by atoms with Crippen molar-refractivity contribution in [2.24, 2.45) is 0 Å². The molecule has 0 spiro atoms. The quantitative estimate of drug-likeness (QED) is 0.244. The van der Waals surface area contributed by atoms with Crippen LogP contribution in [-0.4, -0.2) is 32.7 Å². The molecule has 154 valence electrons. The lowest BCUT2D eigenvalue weighted by Crippen LogP contribution is -2.14. The second kappa shape index (κ2) is 9.46. The fraction of sp³-hybridized carbons (Fsp3) is 0.158. The number of amides is 2. The zero-order valence-electron chi connectivity index (χ0n) is 16.0. The molecule has 2 aromatic carbocycles. The van der Waals surface area contributed by atoms with Gasteiger partial charge in [0.15, 0.2) is 4.34 Å². The summed E-state index contributed by atoms with van der Waals surface area (Å²) < 4.78 is 0.514. The van der Waals surface area contributed by atoms with Crippen LogP contribution in [0.25, 0.3) is 0 Å². The maximum Gasteiger partial charge on any atom is 0.273 e. The first kappa shape index (κ1) is 21.4. The summed E-state index contributed by atoms with van der Waals surface area (Å²) in [5.41, 5.74) is 2.09. The van der Waals surface area contributed by atoms with Crippen molar-refractivity contribution in [1.82, 2.24) is 10.2 Å². The number of carbonyl (C=O) groups is 2. The number of aryl methyl sites for hydroxylation is 1. The third kappa shape index (κ3) is 5.39. The summed E-state index contributed by atoms with van der Waals surface area (Å²) in [5.74, 6) is -0.555. The number of aromatic nitrogens is 2. The van der Waals surface area contributed by atoms with E-state index in [4.69, 9.17) is 0 Å². The van der Waals surface area contributed by atoms with Crippen LogP contribution in [0, 0.1) is 24.0 Å². The molecule has 0 aliphatic rings. The maximum atomic E-state index is 12.5. The van der Waals surface area contributed by atoms with Gasteiger partial charge in [0, 0.05) is 22.9 Å². The number of hydrogen-bond donors (Lipinski definition) is 2. The number of anilines is 2. The first-order valence-corrected chi connectivity index (χ1v) is 10.5. The molecule has 0 aliphatic heterocycles. The Morgan fingerprint density at radius 2 is 1.90 bits per heavy atom. The minimum atomic E-state index is -0.534. The average molecular weight is 444 g/mol. The Labute approximate surface area is 180 Å². The zero-order chi connectivity index (χ0) is 21.7. The predicted molar refractivity (Wildman–Crippen MR) is 116 cm³/mol. The van der Waals surface area contributed by atoms with Crippen LogP contribution < -0.4 is 10.6 Å². The van der Waals surface area contributed by atoms with Crippen molar-refractivity contribution in [3.05, 3.63) is 69.3 Å². The molecule has 0 radical (unpaired) electrons. The minimum absolute atomic E-state index is 0.129. The summed E-state index contributed by atoms with van der Waals surface area (Å²) in [4.78, 5) is 35.0. The van der Waals surface area contributed by atoms with Crippen molar-refractivity contribution in [2.45, 2.75) is 18.2 Å². The highest BCUT2D eigenvalue weighted by atomic mass is 32.2. The van der Waals surface area contributed by atoms with Crippen LogP contribution in [0.15, 0.2) is 46.8 Å². The van der Waals surface area contributed by atoms with Crippen LogP contribution in [0.2, 0.25) is 0 Å². The number of nitro groups is 1. The van der Waals surface area contributed by atoms with Gasteiger partial charge < -0.3 is 5.32 Å². The highest BCUT2D eigenvalue weighted by molar-refractivity contribution is 8.01. The molecule has 9 nitrogen and oxygen atoms in total. The van der Waals surface area contributed by atoms with E-state index >= 15 is 0 Å². The summed E-state index contributed by atoms with van der Waals surface area (Å²) in [5, 5.41) is 24.5. The van der Waals surface area contributed by atoms with Crippen molar-refractivity contribution in [2.75, 3.05) is 16.4 Å². The standard InChI is InChI=1S/C19H17N5O4S2/c1-11-5-3-6-13(9-11)20-16(25)10-29-19-23-22-18(30-19)21-17(26)14-7-4-8-15(12(14)2)24(27)28/h3-9H,10H2,1-2H3,(H,20,25)(H,21,22,26). The number of thioether (sulfide) groups is 1. The lowest BCUT2D eigenvalue weighted by molar-refractivity contribution is -0.385. The van der Waals surface area contributed by atoms with E-state index in [0.717, 1.165) is 22.6 Å². The summed E-state index contributed by atoms with van der Waals surface area (Å²) in [6.07, 6.45) is 0. The monoisotopic (exact) mass is 443 g/mol. The van der Waals surface area contributed by atoms with Crippen LogP contribution in [0.4, 0.5) is 16.5 Å². The molecule has 0 bridgehead atoms. The number of nitrogens with zero attached hydrogens (tertiary/aromatic N) is 3. The largest absolute Gasteiger partial charge is 0.325 e.